The minimum atomic E-state index is -0.209. The van der Waals surface area contributed by atoms with Crippen LogP contribution in [0.5, 0.6) is 0 Å². The summed E-state index contributed by atoms with van der Waals surface area (Å²) in [6.07, 6.45) is 0.451. The van der Waals surface area contributed by atoms with E-state index in [1.807, 2.05) is 0 Å². The van der Waals surface area contributed by atoms with Crippen molar-refractivity contribution in [3.63, 3.8) is 0 Å². The second-order valence-electron chi connectivity index (χ2n) is 1.25. The lowest BCUT2D eigenvalue weighted by molar-refractivity contribution is -0.158. The highest BCUT2D eigenvalue weighted by Crippen LogP contribution is 1.83. The summed E-state index contributed by atoms with van der Waals surface area (Å²) < 4.78 is 0. The van der Waals surface area contributed by atoms with E-state index in [4.69, 9.17) is 0 Å². The molecule has 0 aromatic rings. The van der Waals surface area contributed by atoms with Crippen LogP contribution in [0.25, 0.3) is 0 Å². The van der Waals surface area contributed by atoms with Crippen molar-refractivity contribution in [1.29, 1.82) is 0 Å². The van der Waals surface area contributed by atoms with Crippen molar-refractivity contribution in [2.45, 2.75) is 6.42 Å². The predicted octanol–water partition coefficient (Wildman–Crippen LogP) is -1.06. The highest BCUT2D eigenvalue weighted by molar-refractivity contribution is 5.69. The van der Waals surface area contributed by atoms with E-state index in [2.05, 4.69) is 15.9 Å². The highest BCUT2D eigenvalue weighted by Gasteiger charge is 2.05. The molecule has 0 saturated carbocycles. The Morgan fingerprint density at radius 3 is 2.86 bits per heavy atom. The van der Waals surface area contributed by atoms with Crippen molar-refractivity contribution < 1.29 is 9.63 Å². The highest BCUT2D eigenvalue weighted by atomic mass is 16.7. The minimum Gasteiger partial charge on any atom is -0.356 e. The average Bonchev–Trinajstić information content (AvgIpc) is 1.69. The zero-order chi connectivity index (χ0) is 5.11. The monoisotopic (exact) mass is 102 g/mol. The summed E-state index contributed by atoms with van der Waals surface area (Å²) in [7, 11) is 0. The molecule has 0 aromatic carbocycles. The molecular formula is C3H6N2O2. The third kappa shape index (κ3) is 1.13. The lowest BCUT2D eigenvalue weighted by Crippen LogP contribution is -2.41. The maximum atomic E-state index is 10.1. The van der Waals surface area contributed by atoms with Gasteiger partial charge < -0.3 is 4.84 Å². The summed E-state index contributed by atoms with van der Waals surface area (Å²) in [5.41, 5.74) is 4.86. The zero-order valence-corrected chi connectivity index (χ0v) is 3.73. The van der Waals surface area contributed by atoms with Crippen LogP contribution < -0.4 is 11.0 Å². The SMILES string of the molecule is O=C1CCNNO1. The van der Waals surface area contributed by atoms with Gasteiger partial charge in [0.1, 0.15) is 0 Å². The first-order chi connectivity index (χ1) is 3.39. The number of nitrogens with one attached hydrogen (secondary N) is 2. The topological polar surface area (TPSA) is 50.4 Å². The molecule has 1 saturated heterocycles. The molecule has 0 unspecified atom stereocenters. The maximum Gasteiger partial charge on any atom is 0.327 e. The van der Waals surface area contributed by atoms with E-state index < -0.39 is 0 Å². The fourth-order valence-corrected chi connectivity index (χ4v) is 0.360. The molecule has 7 heavy (non-hydrogen) atoms. The van der Waals surface area contributed by atoms with Gasteiger partial charge in [-0.3, -0.25) is 4.79 Å². The Labute approximate surface area is 40.8 Å². The molecule has 0 aromatic heterocycles. The molecule has 0 spiro atoms. The van der Waals surface area contributed by atoms with E-state index >= 15 is 0 Å². The molecule has 40 valence electrons. The van der Waals surface area contributed by atoms with Crippen LogP contribution in [-0.4, -0.2) is 12.5 Å². The van der Waals surface area contributed by atoms with Gasteiger partial charge in [0, 0.05) is 6.54 Å². The van der Waals surface area contributed by atoms with Gasteiger partial charge in [0.05, 0.1) is 6.42 Å². The lowest BCUT2D eigenvalue weighted by Gasteiger charge is -2.10. The van der Waals surface area contributed by atoms with Crippen molar-refractivity contribution in [3.05, 3.63) is 0 Å². The van der Waals surface area contributed by atoms with E-state index in [9.17, 15) is 4.79 Å². The standard InChI is InChI=1S/C3H6N2O2/c6-3-1-2-4-5-7-3/h4-5H,1-2H2. The molecule has 1 fully saturated rings. The molecule has 1 aliphatic rings. The molecule has 1 rings (SSSR count). The third-order valence-electron chi connectivity index (χ3n) is 0.691. The van der Waals surface area contributed by atoms with Gasteiger partial charge in [-0.25, -0.2) is 5.43 Å². The zero-order valence-electron chi connectivity index (χ0n) is 3.73. The number of carbonyl (C=O) groups is 1. The van der Waals surface area contributed by atoms with E-state index in [1.165, 1.54) is 0 Å². The van der Waals surface area contributed by atoms with Crippen molar-refractivity contribution in [2.75, 3.05) is 6.54 Å². The fraction of sp³-hybridized carbons (Fsp3) is 0.667. The minimum absolute atomic E-state index is 0.209. The molecule has 0 bridgehead atoms. The molecule has 4 nitrogen and oxygen atoms in total. The first-order valence-electron chi connectivity index (χ1n) is 2.07. The second kappa shape index (κ2) is 1.90. The first-order valence-corrected chi connectivity index (χ1v) is 2.07. The van der Waals surface area contributed by atoms with Gasteiger partial charge >= 0.3 is 5.97 Å². The second-order valence-corrected chi connectivity index (χ2v) is 1.25. The third-order valence-corrected chi connectivity index (χ3v) is 0.691. The molecular weight excluding hydrogens is 96.0 g/mol. The van der Waals surface area contributed by atoms with Crippen LogP contribution in [0.2, 0.25) is 0 Å². The molecule has 1 heterocycles. The van der Waals surface area contributed by atoms with E-state index in [0.717, 1.165) is 0 Å². The Kier molecular flexibility index (Phi) is 1.24. The summed E-state index contributed by atoms with van der Waals surface area (Å²) in [6, 6.07) is 0. The molecule has 0 aliphatic carbocycles. The van der Waals surface area contributed by atoms with Crippen molar-refractivity contribution in [2.24, 2.45) is 0 Å². The van der Waals surface area contributed by atoms with Crippen LogP contribution in [0, 0.1) is 0 Å². The Bertz CT molecular complexity index is 75.0. The van der Waals surface area contributed by atoms with E-state index in [0.29, 0.717) is 13.0 Å². The Morgan fingerprint density at radius 2 is 2.57 bits per heavy atom. The van der Waals surface area contributed by atoms with E-state index in [1.54, 1.807) is 0 Å². The number of carbonyl (C=O) groups excluding carboxylic acids is 1. The first kappa shape index (κ1) is 4.55. The summed E-state index contributed by atoms with van der Waals surface area (Å²) in [4.78, 5) is 14.4. The number of rotatable bonds is 0. The molecule has 1 aliphatic heterocycles. The van der Waals surface area contributed by atoms with Gasteiger partial charge in [-0.15, -0.1) is 0 Å². The summed E-state index contributed by atoms with van der Waals surface area (Å²) in [5.74, 6) is -0.209. The van der Waals surface area contributed by atoms with Crippen LogP contribution in [0.15, 0.2) is 0 Å². The van der Waals surface area contributed by atoms with Gasteiger partial charge in [-0.05, 0) is 0 Å². The van der Waals surface area contributed by atoms with E-state index in [-0.39, 0.29) is 5.97 Å². The summed E-state index contributed by atoms with van der Waals surface area (Å²) in [5, 5.41) is 0. The quantitative estimate of drug-likeness (QED) is 0.409. The van der Waals surface area contributed by atoms with Crippen LogP contribution in [0.1, 0.15) is 6.42 Å². The van der Waals surface area contributed by atoms with Gasteiger partial charge in [0.15, 0.2) is 0 Å². The van der Waals surface area contributed by atoms with Crippen LogP contribution >= 0.6 is 0 Å². The van der Waals surface area contributed by atoms with Crippen molar-refractivity contribution in [1.82, 2.24) is 11.0 Å². The average molecular weight is 102 g/mol. The van der Waals surface area contributed by atoms with Crippen molar-refractivity contribution in [3.8, 4) is 0 Å². The lowest BCUT2D eigenvalue weighted by atomic mass is 10.4. The molecule has 2 N–H and O–H groups in total. The smallest absolute Gasteiger partial charge is 0.327 e. The van der Waals surface area contributed by atoms with Crippen LogP contribution in [-0.2, 0) is 9.63 Å². The van der Waals surface area contributed by atoms with Crippen LogP contribution in [0.4, 0.5) is 0 Å². The van der Waals surface area contributed by atoms with Gasteiger partial charge in [-0.1, -0.05) is 5.59 Å². The molecule has 0 atom stereocenters. The summed E-state index contributed by atoms with van der Waals surface area (Å²) in [6.45, 7) is 0.652. The fourth-order valence-electron chi connectivity index (χ4n) is 0.360. The summed E-state index contributed by atoms with van der Waals surface area (Å²) >= 11 is 0. The Morgan fingerprint density at radius 1 is 1.71 bits per heavy atom. The number of hydrogen-bond acceptors (Lipinski definition) is 4. The van der Waals surface area contributed by atoms with Crippen molar-refractivity contribution >= 4 is 5.97 Å². The number of hydrazine groups is 1. The van der Waals surface area contributed by atoms with Crippen LogP contribution in [0.3, 0.4) is 0 Å². The number of hydrogen-bond donors (Lipinski definition) is 2. The van der Waals surface area contributed by atoms with Gasteiger partial charge in [0.2, 0.25) is 0 Å². The normalized spacial score (nSPS) is 21.4. The molecule has 0 radical (unpaired) electrons. The largest absolute Gasteiger partial charge is 0.356 e. The van der Waals surface area contributed by atoms with Gasteiger partial charge in [0.25, 0.3) is 0 Å². The Hall–Kier alpha value is -0.610. The molecule has 0 amide bonds. The molecule has 4 heteroatoms. The van der Waals surface area contributed by atoms with Gasteiger partial charge in [-0.2, -0.15) is 0 Å². The predicted molar refractivity (Wildman–Crippen MR) is 21.8 cm³/mol. The maximum absolute atomic E-state index is 10.1. The Balaban J connectivity index is 2.25.